The Bertz CT molecular complexity index is 1210. The Labute approximate surface area is 205 Å². The smallest absolute Gasteiger partial charge is 0.326 e. The molecule has 0 saturated carbocycles. The molecular formula is C29H27N3O3. The summed E-state index contributed by atoms with van der Waals surface area (Å²) in [6, 6.07) is 35.0. The van der Waals surface area contributed by atoms with Crippen molar-refractivity contribution in [2.45, 2.75) is 6.42 Å². The molecule has 0 aliphatic carbocycles. The number of amides is 3. The van der Waals surface area contributed by atoms with Gasteiger partial charge in [-0.2, -0.15) is 0 Å². The molecule has 0 heterocycles. The van der Waals surface area contributed by atoms with Gasteiger partial charge in [-0.05, 0) is 67.1 Å². The number of hydrogen-bond acceptors (Lipinski definition) is 3. The molecule has 35 heavy (non-hydrogen) atoms. The average Bonchev–Trinajstić information content (AvgIpc) is 2.91. The van der Waals surface area contributed by atoms with Crippen LogP contribution in [-0.4, -0.2) is 25.0 Å². The number of anilines is 2. The van der Waals surface area contributed by atoms with E-state index in [1.807, 2.05) is 103 Å². The first kappa shape index (κ1) is 23.6. The van der Waals surface area contributed by atoms with E-state index in [1.165, 1.54) is 0 Å². The van der Waals surface area contributed by atoms with Crippen LogP contribution in [0.3, 0.4) is 0 Å². The third-order valence-electron chi connectivity index (χ3n) is 5.28. The molecule has 0 saturated heterocycles. The molecule has 4 rings (SSSR count). The van der Waals surface area contributed by atoms with E-state index in [1.54, 1.807) is 17.0 Å². The number of rotatable bonds is 9. The Hall–Kier alpha value is -4.58. The summed E-state index contributed by atoms with van der Waals surface area (Å²) in [5.74, 6) is 1.29. The zero-order chi connectivity index (χ0) is 24.3. The summed E-state index contributed by atoms with van der Waals surface area (Å²) < 4.78 is 5.87. The molecular weight excluding hydrogens is 438 g/mol. The maximum Gasteiger partial charge on any atom is 0.326 e. The summed E-state index contributed by atoms with van der Waals surface area (Å²) in [5.41, 5.74) is 2.05. The van der Waals surface area contributed by atoms with Crippen LogP contribution in [0.4, 0.5) is 16.2 Å². The average molecular weight is 466 g/mol. The van der Waals surface area contributed by atoms with Gasteiger partial charge in [0.25, 0.3) is 5.91 Å². The largest absolute Gasteiger partial charge is 0.457 e. The van der Waals surface area contributed by atoms with Crippen molar-refractivity contribution in [2.24, 2.45) is 0 Å². The molecule has 0 unspecified atom stereocenters. The van der Waals surface area contributed by atoms with E-state index in [4.69, 9.17) is 4.74 Å². The van der Waals surface area contributed by atoms with Crippen molar-refractivity contribution in [3.8, 4) is 11.5 Å². The molecule has 0 aromatic heterocycles. The van der Waals surface area contributed by atoms with Gasteiger partial charge in [0, 0.05) is 30.0 Å². The standard InChI is InChI=1S/C29H27N3O3/c33-28(23-11-4-1-5-12-23)30-21-10-22-32(29(34)31-24-13-6-2-7-14-24)25-17-19-27(20-18-25)35-26-15-8-3-9-16-26/h1-9,11-20H,10,21-22H2,(H,30,33)(H,31,34). The molecule has 4 aromatic rings. The number of carbonyl (C=O) groups excluding carboxylic acids is 2. The Morgan fingerprint density at radius 2 is 1.26 bits per heavy atom. The minimum Gasteiger partial charge on any atom is -0.457 e. The van der Waals surface area contributed by atoms with E-state index in [0.717, 1.165) is 11.4 Å². The summed E-state index contributed by atoms with van der Waals surface area (Å²) in [4.78, 5) is 27.1. The highest BCUT2D eigenvalue weighted by Crippen LogP contribution is 2.25. The van der Waals surface area contributed by atoms with Gasteiger partial charge in [0.1, 0.15) is 11.5 Å². The molecule has 6 heteroatoms. The molecule has 0 aliphatic heterocycles. The van der Waals surface area contributed by atoms with Crippen LogP contribution in [0.15, 0.2) is 115 Å². The second-order valence-electron chi connectivity index (χ2n) is 7.83. The van der Waals surface area contributed by atoms with E-state index in [9.17, 15) is 9.59 Å². The zero-order valence-corrected chi connectivity index (χ0v) is 19.3. The number of urea groups is 1. The first-order valence-electron chi connectivity index (χ1n) is 11.5. The van der Waals surface area contributed by atoms with Crippen LogP contribution in [0.25, 0.3) is 0 Å². The van der Waals surface area contributed by atoms with Crippen LogP contribution in [0.1, 0.15) is 16.8 Å². The Kier molecular flexibility index (Phi) is 8.11. The highest BCUT2D eigenvalue weighted by molar-refractivity contribution is 6.01. The fourth-order valence-electron chi connectivity index (χ4n) is 3.51. The minimum absolute atomic E-state index is 0.131. The van der Waals surface area contributed by atoms with Crippen LogP contribution < -0.4 is 20.3 Å². The summed E-state index contributed by atoms with van der Waals surface area (Å²) in [6.45, 7) is 0.866. The van der Waals surface area contributed by atoms with Crippen molar-refractivity contribution in [3.05, 3.63) is 121 Å². The highest BCUT2D eigenvalue weighted by atomic mass is 16.5. The molecule has 0 bridgehead atoms. The summed E-state index contributed by atoms with van der Waals surface area (Å²) in [7, 11) is 0. The lowest BCUT2D eigenvalue weighted by atomic mass is 10.2. The van der Waals surface area contributed by atoms with E-state index >= 15 is 0 Å². The van der Waals surface area contributed by atoms with Gasteiger partial charge < -0.3 is 15.4 Å². The molecule has 2 N–H and O–H groups in total. The van der Waals surface area contributed by atoms with Crippen LogP contribution >= 0.6 is 0 Å². The van der Waals surface area contributed by atoms with Gasteiger partial charge in [-0.25, -0.2) is 4.79 Å². The van der Waals surface area contributed by atoms with Gasteiger partial charge in [0.2, 0.25) is 0 Å². The monoisotopic (exact) mass is 465 g/mol. The molecule has 0 atom stereocenters. The third kappa shape index (κ3) is 6.95. The van der Waals surface area contributed by atoms with Gasteiger partial charge in [-0.3, -0.25) is 9.69 Å². The lowest BCUT2D eigenvalue weighted by molar-refractivity contribution is 0.0953. The quantitative estimate of drug-likeness (QED) is 0.284. The maximum atomic E-state index is 13.1. The highest BCUT2D eigenvalue weighted by Gasteiger charge is 2.16. The number of para-hydroxylation sites is 2. The van der Waals surface area contributed by atoms with Crippen molar-refractivity contribution in [3.63, 3.8) is 0 Å². The SMILES string of the molecule is O=C(NCCCN(C(=O)Nc1ccccc1)c1ccc(Oc2ccccc2)cc1)c1ccccc1. The van der Waals surface area contributed by atoms with Crippen molar-refractivity contribution < 1.29 is 14.3 Å². The number of nitrogens with one attached hydrogen (secondary N) is 2. The van der Waals surface area contributed by atoms with Crippen LogP contribution in [0, 0.1) is 0 Å². The summed E-state index contributed by atoms with van der Waals surface area (Å²) in [5, 5.41) is 5.85. The first-order chi connectivity index (χ1) is 17.2. The molecule has 0 spiro atoms. The molecule has 6 nitrogen and oxygen atoms in total. The van der Waals surface area contributed by atoms with Crippen LogP contribution in [-0.2, 0) is 0 Å². The van der Waals surface area contributed by atoms with Crippen LogP contribution in [0.2, 0.25) is 0 Å². The van der Waals surface area contributed by atoms with Gasteiger partial charge in [0.15, 0.2) is 0 Å². The van der Waals surface area contributed by atoms with Crippen molar-refractivity contribution in [1.82, 2.24) is 5.32 Å². The molecule has 3 amide bonds. The Morgan fingerprint density at radius 3 is 1.91 bits per heavy atom. The van der Waals surface area contributed by atoms with Gasteiger partial charge in [-0.1, -0.05) is 54.6 Å². The summed E-state index contributed by atoms with van der Waals surface area (Å²) >= 11 is 0. The van der Waals surface area contributed by atoms with E-state index in [0.29, 0.717) is 36.5 Å². The third-order valence-corrected chi connectivity index (χ3v) is 5.28. The zero-order valence-electron chi connectivity index (χ0n) is 19.3. The van der Waals surface area contributed by atoms with Gasteiger partial charge >= 0.3 is 6.03 Å². The molecule has 0 aliphatic rings. The lowest BCUT2D eigenvalue weighted by Crippen LogP contribution is -2.37. The lowest BCUT2D eigenvalue weighted by Gasteiger charge is -2.24. The Balaban J connectivity index is 1.41. The predicted molar refractivity (Wildman–Crippen MR) is 139 cm³/mol. The second-order valence-corrected chi connectivity index (χ2v) is 7.83. The summed E-state index contributed by atoms with van der Waals surface area (Å²) in [6.07, 6.45) is 0.586. The van der Waals surface area contributed by atoms with Crippen LogP contribution in [0.5, 0.6) is 11.5 Å². The van der Waals surface area contributed by atoms with Gasteiger partial charge in [0.05, 0.1) is 0 Å². The Morgan fingerprint density at radius 1 is 0.686 bits per heavy atom. The van der Waals surface area contributed by atoms with E-state index in [2.05, 4.69) is 10.6 Å². The normalized spacial score (nSPS) is 10.3. The van der Waals surface area contributed by atoms with E-state index < -0.39 is 0 Å². The second kappa shape index (κ2) is 12.0. The molecule has 4 aromatic carbocycles. The number of ether oxygens (including phenoxy) is 1. The van der Waals surface area contributed by atoms with E-state index in [-0.39, 0.29) is 11.9 Å². The van der Waals surface area contributed by atoms with Gasteiger partial charge in [-0.15, -0.1) is 0 Å². The molecule has 0 fully saturated rings. The fraction of sp³-hybridized carbons (Fsp3) is 0.103. The number of benzene rings is 4. The topological polar surface area (TPSA) is 70.7 Å². The van der Waals surface area contributed by atoms with Crippen molar-refractivity contribution >= 4 is 23.3 Å². The number of hydrogen-bond donors (Lipinski definition) is 2. The number of nitrogens with zero attached hydrogens (tertiary/aromatic N) is 1. The maximum absolute atomic E-state index is 13.1. The fourth-order valence-corrected chi connectivity index (χ4v) is 3.51. The molecule has 176 valence electrons. The first-order valence-corrected chi connectivity index (χ1v) is 11.5. The number of carbonyl (C=O) groups is 2. The minimum atomic E-state index is -0.248. The molecule has 0 radical (unpaired) electrons. The van der Waals surface area contributed by atoms with Crippen molar-refractivity contribution in [1.29, 1.82) is 0 Å². The van der Waals surface area contributed by atoms with Crippen molar-refractivity contribution in [2.75, 3.05) is 23.3 Å². The predicted octanol–water partition coefficient (Wildman–Crippen LogP) is 6.34.